The summed E-state index contributed by atoms with van der Waals surface area (Å²) in [5.41, 5.74) is 7.68. The van der Waals surface area contributed by atoms with Gasteiger partial charge in [-0.25, -0.2) is 4.39 Å². The van der Waals surface area contributed by atoms with Crippen molar-refractivity contribution in [3.8, 4) is 5.75 Å². The Morgan fingerprint density at radius 2 is 1.85 bits per heavy atom. The number of benzene rings is 2. The van der Waals surface area contributed by atoms with Crippen molar-refractivity contribution in [2.24, 2.45) is 5.73 Å². The van der Waals surface area contributed by atoms with E-state index in [1.54, 1.807) is 19.2 Å². The van der Waals surface area contributed by atoms with Crippen molar-refractivity contribution >= 4 is 11.0 Å². The van der Waals surface area contributed by atoms with E-state index in [4.69, 9.17) is 14.9 Å². The molecule has 0 radical (unpaired) electrons. The Labute approximate surface area is 115 Å². The normalized spacial score (nSPS) is 12.6. The summed E-state index contributed by atoms with van der Waals surface area (Å²) in [7, 11) is 1.61. The van der Waals surface area contributed by atoms with E-state index in [-0.39, 0.29) is 5.82 Å². The number of methoxy groups -OCH3 is 1. The van der Waals surface area contributed by atoms with Gasteiger partial charge in [-0.1, -0.05) is 12.1 Å². The second kappa shape index (κ2) is 4.98. The highest BCUT2D eigenvalue weighted by atomic mass is 19.1. The summed E-state index contributed by atoms with van der Waals surface area (Å²) >= 11 is 0. The summed E-state index contributed by atoms with van der Waals surface area (Å²) in [4.78, 5) is 0. The minimum Gasteiger partial charge on any atom is -0.497 e. The van der Waals surface area contributed by atoms with Gasteiger partial charge in [0, 0.05) is 11.5 Å². The molecule has 0 aliphatic carbocycles. The molecule has 2 aromatic carbocycles. The van der Waals surface area contributed by atoms with Crippen LogP contribution in [0.5, 0.6) is 5.75 Å². The van der Waals surface area contributed by atoms with E-state index in [1.807, 2.05) is 24.3 Å². The molecule has 1 atom stereocenters. The number of fused-ring (bicyclic) bond motifs is 1. The van der Waals surface area contributed by atoms with Gasteiger partial charge in [0.05, 0.1) is 13.2 Å². The van der Waals surface area contributed by atoms with Crippen LogP contribution >= 0.6 is 0 Å². The molecule has 3 rings (SSSR count). The standard InChI is InChI=1S/C16H14FNO2/c1-19-13-7-4-11-8-15(20-14(11)9-13)16(18)10-2-5-12(17)6-3-10/h2-9,16H,18H2,1H3. The second-order valence-electron chi connectivity index (χ2n) is 4.58. The molecule has 0 spiro atoms. The maximum absolute atomic E-state index is 12.9. The lowest BCUT2D eigenvalue weighted by molar-refractivity contribution is 0.414. The van der Waals surface area contributed by atoms with Crippen LogP contribution in [0, 0.1) is 5.82 Å². The smallest absolute Gasteiger partial charge is 0.138 e. The Balaban J connectivity index is 1.98. The highest BCUT2D eigenvalue weighted by Crippen LogP contribution is 2.29. The van der Waals surface area contributed by atoms with E-state index in [2.05, 4.69) is 0 Å². The van der Waals surface area contributed by atoms with Crippen LogP contribution < -0.4 is 10.5 Å². The van der Waals surface area contributed by atoms with Gasteiger partial charge < -0.3 is 14.9 Å². The predicted molar refractivity (Wildman–Crippen MR) is 75.2 cm³/mol. The fourth-order valence-electron chi connectivity index (χ4n) is 2.15. The van der Waals surface area contributed by atoms with E-state index in [1.165, 1.54) is 12.1 Å². The van der Waals surface area contributed by atoms with Gasteiger partial charge in [0.25, 0.3) is 0 Å². The number of nitrogens with two attached hydrogens (primary N) is 1. The van der Waals surface area contributed by atoms with Gasteiger partial charge in [0.15, 0.2) is 0 Å². The van der Waals surface area contributed by atoms with Gasteiger partial charge in [-0.15, -0.1) is 0 Å². The first-order chi connectivity index (χ1) is 9.67. The Morgan fingerprint density at radius 1 is 1.10 bits per heavy atom. The van der Waals surface area contributed by atoms with Gasteiger partial charge in [-0.05, 0) is 35.9 Å². The van der Waals surface area contributed by atoms with E-state index < -0.39 is 6.04 Å². The zero-order valence-electron chi connectivity index (χ0n) is 11.0. The average molecular weight is 271 g/mol. The van der Waals surface area contributed by atoms with Crippen LogP contribution in [0.2, 0.25) is 0 Å². The molecule has 4 heteroatoms. The van der Waals surface area contributed by atoms with E-state index in [0.717, 1.165) is 22.3 Å². The minimum atomic E-state index is -0.422. The molecule has 2 N–H and O–H groups in total. The molecule has 0 bridgehead atoms. The summed E-state index contributed by atoms with van der Waals surface area (Å²) in [6.07, 6.45) is 0. The Morgan fingerprint density at radius 3 is 2.55 bits per heavy atom. The fourth-order valence-corrected chi connectivity index (χ4v) is 2.15. The Bertz CT molecular complexity index is 734. The zero-order valence-corrected chi connectivity index (χ0v) is 11.0. The Hall–Kier alpha value is -2.33. The summed E-state index contributed by atoms with van der Waals surface area (Å²) in [6.45, 7) is 0. The topological polar surface area (TPSA) is 48.4 Å². The highest BCUT2D eigenvalue weighted by Gasteiger charge is 2.14. The molecular weight excluding hydrogens is 257 g/mol. The highest BCUT2D eigenvalue weighted by molar-refractivity contribution is 5.79. The summed E-state index contributed by atoms with van der Waals surface area (Å²) < 4.78 is 23.8. The largest absolute Gasteiger partial charge is 0.497 e. The van der Waals surface area contributed by atoms with Crippen molar-refractivity contribution in [1.29, 1.82) is 0 Å². The molecule has 1 unspecified atom stereocenters. The van der Waals surface area contributed by atoms with Crippen LogP contribution in [0.3, 0.4) is 0 Å². The van der Waals surface area contributed by atoms with E-state index in [9.17, 15) is 4.39 Å². The van der Waals surface area contributed by atoms with Crippen molar-refractivity contribution in [2.45, 2.75) is 6.04 Å². The third-order valence-electron chi connectivity index (χ3n) is 3.28. The van der Waals surface area contributed by atoms with E-state index >= 15 is 0 Å². The van der Waals surface area contributed by atoms with Crippen LogP contribution in [0.15, 0.2) is 52.9 Å². The number of hydrogen-bond acceptors (Lipinski definition) is 3. The predicted octanol–water partition coefficient (Wildman–Crippen LogP) is 3.63. The number of ether oxygens (including phenoxy) is 1. The third-order valence-corrected chi connectivity index (χ3v) is 3.28. The molecule has 102 valence electrons. The van der Waals surface area contributed by atoms with Crippen molar-refractivity contribution in [3.05, 3.63) is 65.7 Å². The van der Waals surface area contributed by atoms with Crippen molar-refractivity contribution in [3.63, 3.8) is 0 Å². The van der Waals surface area contributed by atoms with Gasteiger partial charge in [-0.3, -0.25) is 0 Å². The lowest BCUT2D eigenvalue weighted by Crippen LogP contribution is -2.10. The summed E-state index contributed by atoms with van der Waals surface area (Å²) in [5.74, 6) is 1.09. The Kier molecular flexibility index (Phi) is 3.16. The number of rotatable bonds is 3. The maximum atomic E-state index is 12.9. The molecule has 0 saturated heterocycles. The number of furan rings is 1. The van der Waals surface area contributed by atoms with Crippen LogP contribution in [-0.4, -0.2) is 7.11 Å². The SMILES string of the molecule is COc1ccc2cc(C(N)c3ccc(F)cc3)oc2c1. The van der Waals surface area contributed by atoms with Crippen molar-refractivity contribution in [2.75, 3.05) is 7.11 Å². The van der Waals surface area contributed by atoms with Gasteiger partial charge in [0.1, 0.15) is 22.9 Å². The number of halogens is 1. The van der Waals surface area contributed by atoms with Crippen molar-refractivity contribution in [1.82, 2.24) is 0 Å². The molecule has 0 aliphatic rings. The second-order valence-corrected chi connectivity index (χ2v) is 4.58. The molecule has 20 heavy (non-hydrogen) atoms. The zero-order chi connectivity index (χ0) is 14.1. The minimum absolute atomic E-state index is 0.282. The molecule has 0 fully saturated rings. The molecule has 1 heterocycles. The maximum Gasteiger partial charge on any atom is 0.138 e. The quantitative estimate of drug-likeness (QED) is 0.791. The van der Waals surface area contributed by atoms with Crippen molar-refractivity contribution < 1.29 is 13.5 Å². The van der Waals surface area contributed by atoms with Crippen LogP contribution in [-0.2, 0) is 0 Å². The molecule has 1 aromatic heterocycles. The first-order valence-corrected chi connectivity index (χ1v) is 6.26. The van der Waals surface area contributed by atoms with Crippen LogP contribution in [0.4, 0.5) is 4.39 Å². The average Bonchev–Trinajstić information content (AvgIpc) is 2.90. The first-order valence-electron chi connectivity index (χ1n) is 6.26. The van der Waals surface area contributed by atoms with Gasteiger partial charge in [-0.2, -0.15) is 0 Å². The summed E-state index contributed by atoms with van der Waals surface area (Å²) in [5, 5.41) is 0.957. The third kappa shape index (κ3) is 2.26. The molecule has 3 aromatic rings. The first kappa shape index (κ1) is 12.7. The molecule has 0 amide bonds. The van der Waals surface area contributed by atoms with E-state index in [0.29, 0.717) is 5.76 Å². The molecule has 0 saturated carbocycles. The molecule has 0 aliphatic heterocycles. The van der Waals surface area contributed by atoms with Gasteiger partial charge >= 0.3 is 0 Å². The van der Waals surface area contributed by atoms with Gasteiger partial charge in [0.2, 0.25) is 0 Å². The van der Waals surface area contributed by atoms with Crippen LogP contribution in [0.1, 0.15) is 17.4 Å². The lowest BCUT2D eigenvalue weighted by atomic mass is 10.1. The fraction of sp³-hybridized carbons (Fsp3) is 0.125. The molecule has 3 nitrogen and oxygen atoms in total. The molecular formula is C16H14FNO2. The number of hydrogen-bond donors (Lipinski definition) is 1. The van der Waals surface area contributed by atoms with Crippen LogP contribution in [0.25, 0.3) is 11.0 Å². The lowest BCUT2D eigenvalue weighted by Gasteiger charge is -2.08. The summed E-state index contributed by atoms with van der Waals surface area (Å²) in [6, 6.07) is 13.2. The monoisotopic (exact) mass is 271 g/mol.